The van der Waals surface area contributed by atoms with Crippen molar-refractivity contribution in [2.24, 2.45) is 5.41 Å². The zero-order valence-corrected chi connectivity index (χ0v) is 15.3. The Morgan fingerprint density at radius 3 is 2.26 bits per heavy atom. The largest absolute Gasteiger partial charge is 0.444 e. The summed E-state index contributed by atoms with van der Waals surface area (Å²) in [5, 5.41) is 3.48. The van der Waals surface area contributed by atoms with Crippen molar-refractivity contribution >= 4 is 6.09 Å². The molecule has 0 spiro atoms. The van der Waals surface area contributed by atoms with Crippen molar-refractivity contribution in [3.8, 4) is 0 Å². The van der Waals surface area contributed by atoms with Crippen LogP contribution in [0.4, 0.5) is 4.79 Å². The summed E-state index contributed by atoms with van der Waals surface area (Å²) in [6.45, 7) is 14.4. The highest BCUT2D eigenvalue weighted by molar-refractivity contribution is 5.70. The molecule has 1 amide bonds. The summed E-state index contributed by atoms with van der Waals surface area (Å²) in [5.74, 6) is 0. The Morgan fingerprint density at radius 1 is 1.13 bits per heavy atom. The van der Waals surface area contributed by atoms with E-state index in [1.807, 2.05) is 43.9 Å². The summed E-state index contributed by atoms with van der Waals surface area (Å²) in [6.07, 6.45) is -0.238. The maximum Gasteiger partial charge on any atom is 0.411 e. The Morgan fingerprint density at radius 2 is 1.74 bits per heavy atom. The highest BCUT2D eigenvalue weighted by Gasteiger charge is 2.52. The van der Waals surface area contributed by atoms with E-state index < -0.39 is 11.1 Å². The average Bonchev–Trinajstić information content (AvgIpc) is 2.45. The van der Waals surface area contributed by atoms with Crippen LogP contribution in [0.1, 0.15) is 47.1 Å². The van der Waals surface area contributed by atoms with E-state index in [0.717, 1.165) is 18.7 Å². The molecule has 1 atom stereocenters. The van der Waals surface area contributed by atoms with Gasteiger partial charge in [-0.25, -0.2) is 4.79 Å². The van der Waals surface area contributed by atoms with Gasteiger partial charge in [0.15, 0.2) is 0 Å². The average molecular weight is 318 g/mol. The Kier molecular flexibility index (Phi) is 4.76. The molecule has 128 valence electrons. The number of amides is 1. The van der Waals surface area contributed by atoms with Crippen LogP contribution in [0.5, 0.6) is 0 Å². The third kappa shape index (κ3) is 3.52. The van der Waals surface area contributed by atoms with Crippen molar-refractivity contribution in [2.75, 3.05) is 19.6 Å². The molecule has 1 unspecified atom stereocenters. The monoisotopic (exact) mass is 318 g/mol. The van der Waals surface area contributed by atoms with Crippen LogP contribution in [0.3, 0.4) is 0 Å². The summed E-state index contributed by atoms with van der Waals surface area (Å²) in [7, 11) is 0. The summed E-state index contributed by atoms with van der Waals surface area (Å²) in [5.41, 5.74) is 0.0704. The fourth-order valence-electron chi connectivity index (χ4n) is 3.39. The first-order valence-electron chi connectivity index (χ1n) is 8.35. The van der Waals surface area contributed by atoms with Crippen molar-refractivity contribution in [2.45, 2.75) is 52.7 Å². The number of nitrogens with one attached hydrogen (secondary N) is 1. The van der Waals surface area contributed by atoms with Gasteiger partial charge in [-0.05, 0) is 31.7 Å². The van der Waals surface area contributed by atoms with Gasteiger partial charge in [0.1, 0.15) is 5.60 Å². The third-order valence-corrected chi connectivity index (χ3v) is 4.46. The standard InChI is InChI=1S/C19H30N2O2/c1-17(2,3)19(15-10-8-7-9-11-15)14-20-12-13-21(19)16(22)23-18(4,5)6/h7-11,20H,12-14H2,1-6H3. The minimum atomic E-state index is -0.498. The molecule has 2 rings (SSSR count). The Bertz CT molecular complexity index is 543. The van der Waals surface area contributed by atoms with Crippen LogP contribution in [0.2, 0.25) is 0 Å². The number of benzene rings is 1. The van der Waals surface area contributed by atoms with Gasteiger partial charge < -0.3 is 10.1 Å². The fraction of sp³-hybridized carbons (Fsp3) is 0.632. The van der Waals surface area contributed by atoms with E-state index in [1.165, 1.54) is 0 Å². The molecule has 0 radical (unpaired) electrons. The van der Waals surface area contributed by atoms with Gasteiger partial charge in [0.25, 0.3) is 0 Å². The molecular formula is C19H30N2O2. The Labute approximate surface area is 140 Å². The lowest BCUT2D eigenvalue weighted by atomic mass is 9.67. The Hall–Kier alpha value is -1.55. The second kappa shape index (κ2) is 6.16. The highest BCUT2D eigenvalue weighted by atomic mass is 16.6. The van der Waals surface area contributed by atoms with E-state index in [0.29, 0.717) is 6.54 Å². The predicted octanol–water partition coefficient (Wildman–Crippen LogP) is 3.77. The molecule has 0 bridgehead atoms. The zero-order valence-electron chi connectivity index (χ0n) is 15.3. The molecule has 0 saturated carbocycles. The van der Waals surface area contributed by atoms with Crippen molar-refractivity contribution in [1.82, 2.24) is 10.2 Å². The molecule has 1 N–H and O–H groups in total. The molecular weight excluding hydrogens is 288 g/mol. The maximum absolute atomic E-state index is 12.9. The van der Waals surface area contributed by atoms with Crippen LogP contribution in [-0.4, -0.2) is 36.2 Å². The number of carbonyl (C=O) groups is 1. The summed E-state index contributed by atoms with van der Waals surface area (Å²) < 4.78 is 5.71. The van der Waals surface area contributed by atoms with Crippen molar-refractivity contribution in [3.63, 3.8) is 0 Å². The molecule has 0 aromatic heterocycles. The molecule has 4 nitrogen and oxygen atoms in total. The van der Waals surface area contributed by atoms with Gasteiger partial charge >= 0.3 is 6.09 Å². The first-order valence-corrected chi connectivity index (χ1v) is 8.35. The van der Waals surface area contributed by atoms with Gasteiger partial charge in [0.2, 0.25) is 0 Å². The maximum atomic E-state index is 12.9. The smallest absolute Gasteiger partial charge is 0.411 e. The second-order valence-electron chi connectivity index (χ2n) is 8.29. The SMILES string of the molecule is CC(C)(C)OC(=O)N1CCNCC1(c1ccccc1)C(C)(C)C. The van der Waals surface area contributed by atoms with Gasteiger partial charge in [-0.1, -0.05) is 51.1 Å². The normalized spacial score (nSPS) is 22.8. The number of carbonyl (C=O) groups excluding carboxylic acids is 1. The lowest BCUT2D eigenvalue weighted by Gasteiger charge is -2.54. The minimum absolute atomic E-state index is 0.140. The number of hydrogen-bond donors (Lipinski definition) is 1. The highest BCUT2D eigenvalue weighted by Crippen LogP contribution is 2.45. The van der Waals surface area contributed by atoms with E-state index >= 15 is 0 Å². The quantitative estimate of drug-likeness (QED) is 0.857. The lowest BCUT2D eigenvalue weighted by Crippen LogP contribution is -2.66. The first-order chi connectivity index (χ1) is 10.6. The molecule has 1 fully saturated rings. The van der Waals surface area contributed by atoms with Crippen LogP contribution in [0, 0.1) is 5.41 Å². The first kappa shape index (κ1) is 17.8. The van der Waals surface area contributed by atoms with Crippen molar-refractivity contribution < 1.29 is 9.53 Å². The summed E-state index contributed by atoms with van der Waals surface area (Å²) >= 11 is 0. The molecule has 1 aliphatic rings. The van der Waals surface area contributed by atoms with E-state index in [1.54, 1.807) is 0 Å². The lowest BCUT2D eigenvalue weighted by molar-refractivity contribution is -0.0518. The molecule has 1 aromatic rings. The number of hydrogen-bond acceptors (Lipinski definition) is 3. The zero-order chi connectivity index (χ0) is 17.3. The molecule has 23 heavy (non-hydrogen) atoms. The van der Waals surface area contributed by atoms with Crippen LogP contribution in [0.25, 0.3) is 0 Å². The van der Waals surface area contributed by atoms with E-state index in [4.69, 9.17) is 4.74 Å². The predicted molar refractivity (Wildman–Crippen MR) is 93.4 cm³/mol. The van der Waals surface area contributed by atoms with E-state index in [2.05, 4.69) is 38.2 Å². The molecule has 1 aliphatic heterocycles. The molecule has 4 heteroatoms. The number of piperazine rings is 1. The summed E-state index contributed by atoms with van der Waals surface area (Å²) in [6, 6.07) is 10.3. The van der Waals surface area contributed by atoms with Gasteiger partial charge in [-0.3, -0.25) is 4.90 Å². The number of rotatable bonds is 1. The number of nitrogens with zero attached hydrogens (tertiary/aromatic N) is 1. The van der Waals surface area contributed by atoms with Crippen LogP contribution in [-0.2, 0) is 10.3 Å². The van der Waals surface area contributed by atoms with E-state index in [9.17, 15) is 4.79 Å². The summed E-state index contributed by atoms with van der Waals surface area (Å²) in [4.78, 5) is 14.8. The molecule has 1 aromatic carbocycles. The van der Waals surface area contributed by atoms with Crippen LogP contribution in [0.15, 0.2) is 30.3 Å². The topological polar surface area (TPSA) is 41.6 Å². The van der Waals surface area contributed by atoms with Crippen molar-refractivity contribution in [1.29, 1.82) is 0 Å². The Balaban J connectivity index is 2.51. The van der Waals surface area contributed by atoms with Gasteiger partial charge in [-0.2, -0.15) is 0 Å². The van der Waals surface area contributed by atoms with Crippen LogP contribution < -0.4 is 5.32 Å². The molecule has 1 heterocycles. The number of ether oxygens (including phenoxy) is 1. The van der Waals surface area contributed by atoms with Crippen molar-refractivity contribution in [3.05, 3.63) is 35.9 Å². The molecule has 0 aliphatic carbocycles. The fourth-order valence-corrected chi connectivity index (χ4v) is 3.39. The van der Waals surface area contributed by atoms with E-state index in [-0.39, 0.29) is 11.5 Å². The minimum Gasteiger partial charge on any atom is -0.444 e. The second-order valence-corrected chi connectivity index (χ2v) is 8.29. The van der Waals surface area contributed by atoms with Gasteiger partial charge in [0, 0.05) is 19.6 Å². The third-order valence-electron chi connectivity index (χ3n) is 4.46. The van der Waals surface area contributed by atoms with Gasteiger partial charge in [0.05, 0.1) is 5.54 Å². The van der Waals surface area contributed by atoms with Crippen LogP contribution >= 0.6 is 0 Å². The molecule has 1 saturated heterocycles. The van der Waals surface area contributed by atoms with Gasteiger partial charge in [-0.15, -0.1) is 0 Å².